The Balaban J connectivity index is 1.77. The molecule has 2 rings (SSSR count). The van der Waals surface area contributed by atoms with Crippen LogP contribution in [0.15, 0.2) is 27.2 Å². The highest BCUT2D eigenvalue weighted by molar-refractivity contribution is 7.97. The average Bonchev–Trinajstić information content (AvgIpc) is 2.89. The third kappa shape index (κ3) is 3.64. The Bertz CT molecular complexity index is 465. The van der Waals surface area contributed by atoms with Crippen molar-refractivity contribution < 1.29 is 8.83 Å². The van der Waals surface area contributed by atoms with E-state index >= 15 is 0 Å². The summed E-state index contributed by atoms with van der Waals surface area (Å²) in [5.74, 6) is 4.41. The highest BCUT2D eigenvalue weighted by Crippen LogP contribution is 2.13. The van der Waals surface area contributed by atoms with E-state index in [0.717, 1.165) is 23.0 Å². The number of nitrogens with zero attached hydrogens (tertiary/aromatic N) is 1. The predicted molar refractivity (Wildman–Crippen MR) is 67.7 cm³/mol. The van der Waals surface area contributed by atoms with Crippen molar-refractivity contribution in [3.8, 4) is 0 Å². The molecule has 1 N–H and O–H groups in total. The second-order valence-electron chi connectivity index (χ2n) is 3.77. The van der Waals surface area contributed by atoms with Gasteiger partial charge in [-0.2, -0.15) is 11.8 Å². The van der Waals surface area contributed by atoms with Crippen molar-refractivity contribution in [3.05, 3.63) is 41.5 Å². The molecule has 0 radical (unpaired) electrons. The molecule has 0 bridgehead atoms. The van der Waals surface area contributed by atoms with Gasteiger partial charge in [-0.05, 0) is 25.3 Å². The fraction of sp³-hybridized carbons (Fsp3) is 0.417. The fourth-order valence-electron chi connectivity index (χ4n) is 1.51. The molecule has 0 atom stereocenters. The molecule has 0 aliphatic rings. The summed E-state index contributed by atoms with van der Waals surface area (Å²) in [5.41, 5.74) is 0. The lowest BCUT2D eigenvalue weighted by molar-refractivity contribution is 0.424. The van der Waals surface area contributed by atoms with Crippen molar-refractivity contribution in [2.24, 2.45) is 0 Å². The molecule has 5 heteroatoms. The zero-order valence-electron chi connectivity index (χ0n) is 10.0. The Kier molecular flexibility index (Phi) is 4.28. The number of rotatable bonds is 6. The minimum atomic E-state index is 0.617. The van der Waals surface area contributed by atoms with E-state index in [-0.39, 0.29) is 0 Å². The van der Waals surface area contributed by atoms with Gasteiger partial charge in [0.2, 0.25) is 5.89 Å². The molecule has 0 unspecified atom stereocenters. The first kappa shape index (κ1) is 12.3. The van der Waals surface area contributed by atoms with Gasteiger partial charge in [0.15, 0.2) is 0 Å². The van der Waals surface area contributed by atoms with Gasteiger partial charge < -0.3 is 14.2 Å². The van der Waals surface area contributed by atoms with Crippen molar-refractivity contribution in [1.82, 2.24) is 10.3 Å². The monoisotopic (exact) mass is 252 g/mol. The molecule has 92 valence electrons. The molecule has 0 aliphatic heterocycles. The van der Waals surface area contributed by atoms with Crippen LogP contribution in [0.3, 0.4) is 0 Å². The van der Waals surface area contributed by atoms with Gasteiger partial charge in [-0.15, -0.1) is 0 Å². The van der Waals surface area contributed by atoms with Crippen molar-refractivity contribution in [2.75, 3.05) is 6.26 Å². The Hall–Kier alpha value is -1.20. The Morgan fingerprint density at radius 1 is 1.24 bits per heavy atom. The molecule has 0 saturated carbocycles. The van der Waals surface area contributed by atoms with E-state index in [2.05, 4.69) is 16.6 Å². The summed E-state index contributed by atoms with van der Waals surface area (Å²) in [5, 5.41) is 3.23. The molecule has 0 fully saturated rings. The molecule has 0 amide bonds. The van der Waals surface area contributed by atoms with Crippen molar-refractivity contribution >= 4 is 11.8 Å². The zero-order valence-corrected chi connectivity index (χ0v) is 10.8. The summed E-state index contributed by atoms with van der Waals surface area (Å²) >= 11 is 1.75. The van der Waals surface area contributed by atoms with E-state index in [9.17, 15) is 0 Å². The first-order valence-electron chi connectivity index (χ1n) is 5.46. The normalized spacial score (nSPS) is 10.9. The minimum Gasteiger partial charge on any atom is -0.464 e. The van der Waals surface area contributed by atoms with E-state index in [1.165, 1.54) is 0 Å². The van der Waals surface area contributed by atoms with Crippen LogP contribution in [0.1, 0.15) is 23.2 Å². The molecule has 0 aromatic carbocycles. The second-order valence-corrected chi connectivity index (χ2v) is 4.64. The van der Waals surface area contributed by atoms with E-state index in [4.69, 9.17) is 8.83 Å². The van der Waals surface area contributed by atoms with Gasteiger partial charge >= 0.3 is 0 Å². The van der Waals surface area contributed by atoms with Crippen molar-refractivity contribution in [3.63, 3.8) is 0 Å². The average molecular weight is 252 g/mol. The molecule has 2 aromatic heterocycles. The lowest BCUT2D eigenvalue weighted by atomic mass is 10.4. The lowest BCUT2D eigenvalue weighted by Gasteiger charge is -1.99. The quantitative estimate of drug-likeness (QED) is 0.856. The maximum atomic E-state index is 5.63. The van der Waals surface area contributed by atoms with Gasteiger partial charge in [-0.3, -0.25) is 0 Å². The van der Waals surface area contributed by atoms with Crippen LogP contribution in [0.2, 0.25) is 0 Å². The molecule has 4 nitrogen and oxygen atoms in total. The maximum absolute atomic E-state index is 5.63. The van der Waals surface area contributed by atoms with Crippen LogP contribution in [0.5, 0.6) is 0 Å². The first-order valence-corrected chi connectivity index (χ1v) is 6.86. The van der Waals surface area contributed by atoms with Crippen molar-refractivity contribution in [1.29, 1.82) is 0 Å². The summed E-state index contributed by atoms with van der Waals surface area (Å²) in [6, 6.07) is 4.02. The standard InChI is InChI=1S/C12H16N2O2S/c1-9-5-14-12(15-9)7-13-6-10-3-4-11(16-10)8-17-2/h3-5,13H,6-8H2,1-2H3. The van der Waals surface area contributed by atoms with E-state index in [0.29, 0.717) is 19.0 Å². The SMILES string of the molecule is CSCc1ccc(CNCc2ncc(C)o2)o1. The van der Waals surface area contributed by atoms with E-state index in [1.54, 1.807) is 18.0 Å². The summed E-state index contributed by atoms with van der Waals surface area (Å²) < 4.78 is 11.0. The van der Waals surface area contributed by atoms with Gasteiger partial charge in [0, 0.05) is 0 Å². The van der Waals surface area contributed by atoms with Crippen LogP contribution < -0.4 is 5.32 Å². The third-order valence-electron chi connectivity index (χ3n) is 2.25. The van der Waals surface area contributed by atoms with Gasteiger partial charge in [0.25, 0.3) is 0 Å². The Morgan fingerprint density at radius 3 is 2.76 bits per heavy atom. The minimum absolute atomic E-state index is 0.617. The number of nitrogens with one attached hydrogen (secondary N) is 1. The molecule has 2 heterocycles. The van der Waals surface area contributed by atoms with Crippen LogP contribution in [0.4, 0.5) is 0 Å². The molecular formula is C12H16N2O2S. The lowest BCUT2D eigenvalue weighted by Crippen LogP contribution is -2.12. The Labute approximate surface area is 105 Å². The van der Waals surface area contributed by atoms with Crippen LogP contribution in [0.25, 0.3) is 0 Å². The van der Waals surface area contributed by atoms with Crippen LogP contribution in [-0.4, -0.2) is 11.2 Å². The van der Waals surface area contributed by atoms with Crippen LogP contribution >= 0.6 is 11.8 Å². The number of oxazole rings is 1. The summed E-state index contributed by atoms with van der Waals surface area (Å²) in [6.45, 7) is 3.19. The molecule has 17 heavy (non-hydrogen) atoms. The number of hydrogen-bond acceptors (Lipinski definition) is 5. The molecule has 0 spiro atoms. The first-order chi connectivity index (χ1) is 8.28. The summed E-state index contributed by atoms with van der Waals surface area (Å²) in [7, 11) is 0. The molecule has 2 aromatic rings. The number of furan rings is 1. The van der Waals surface area contributed by atoms with Gasteiger partial charge in [-0.25, -0.2) is 4.98 Å². The van der Waals surface area contributed by atoms with Crippen LogP contribution in [-0.2, 0) is 18.8 Å². The van der Waals surface area contributed by atoms with Crippen LogP contribution in [0, 0.1) is 6.92 Å². The third-order valence-corrected chi connectivity index (χ3v) is 2.82. The van der Waals surface area contributed by atoms with Gasteiger partial charge in [-0.1, -0.05) is 0 Å². The molecular weight excluding hydrogens is 236 g/mol. The predicted octanol–water partition coefficient (Wildman–Crippen LogP) is 2.73. The van der Waals surface area contributed by atoms with Gasteiger partial charge in [0.05, 0.1) is 25.0 Å². The maximum Gasteiger partial charge on any atom is 0.208 e. The largest absolute Gasteiger partial charge is 0.464 e. The zero-order chi connectivity index (χ0) is 12.1. The summed E-state index contributed by atoms with van der Waals surface area (Å²) in [6.07, 6.45) is 3.78. The van der Waals surface area contributed by atoms with Crippen molar-refractivity contribution in [2.45, 2.75) is 25.8 Å². The number of hydrogen-bond donors (Lipinski definition) is 1. The Morgan fingerprint density at radius 2 is 2.06 bits per heavy atom. The topological polar surface area (TPSA) is 51.2 Å². The highest BCUT2D eigenvalue weighted by Gasteiger charge is 2.03. The number of aromatic nitrogens is 1. The van der Waals surface area contributed by atoms with E-state index in [1.807, 2.05) is 19.1 Å². The van der Waals surface area contributed by atoms with Gasteiger partial charge in [0.1, 0.15) is 17.3 Å². The summed E-state index contributed by atoms with van der Waals surface area (Å²) in [4.78, 5) is 4.12. The number of aryl methyl sites for hydroxylation is 1. The highest BCUT2D eigenvalue weighted by atomic mass is 32.2. The second kappa shape index (κ2) is 5.93. The fourth-order valence-corrected chi connectivity index (χ4v) is 1.95. The van der Waals surface area contributed by atoms with E-state index < -0.39 is 0 Å². The molecule has 0 saturated heterocycles. The number of thioether (sulfide) groups is 1. The molecule has 0 aliphatic carbocycles. The smallest absolute Gasteiger partial charge is 0.208 e.